The van der Waals surface area contributed by atoms with Crippen molar-refractivity contribution >= 4 is 5.69 Å². The molecule has 3 nitrogen and oxygen atoms in total. The first-order valence-corrected chi connectivity index (χ1v) is 5.86. The van der Waals surface area contributed by atoms with Crippen LogP contribution in [0.2, 0.25) is 0 Å². The van der Waals surface area contributed by atoms with Crippen LogP contribution >= 0.6 is 0 Å². The van der Waals surface area contributed by atoms with E-state index < -0.39 is 0 Å². The van der Waals surface area contributed by atoms with Gasteiger partial charge in [0.25, 0.3) is 5.69 Å². The smallest absolute Gasteiger partial charge is 0.258 e. The number of benzene rings is 2. The van der Waals surface area contributed by atoms with Crippen LogP contribution in [-0.2, 0) is 6.42 Å². The summed E-state index contributed by atoms with van der Waals surface area (Å²) in [7, 11) is 0. The fraction of sp³-hybridized carbons (Fsp3) is 0.200. The van der Waals surface area contributed by atoms with Gasteiger partial charge in [0.05, 0.1) is 4.92 Å². The zero-order valence-electron chi connectivity index (χ0n) is 10.5. The van der Waals surface area contributed by atoms with Crippen LogP contribution in [-0.4, -0.2) is 4.92 Å². The first-order chi connectivity index (χ1) is 8.58. The summed E-state index contributed by atoms with van der Waals surface area (Å²) in [6.07, 6.45) is 0.736. The highest BCUT2D eigenvalue weighted by Crippen LogP contribution is 2.21. The van der Waals surface area contributed by atoms with Gasteiger partial charge in [-0.25, -0.2) is 0 Å². The number of rotatable bonds is 3. The van der Waals surface area contributed by atoms with Crippen molar-refractivity contribution in [3.8, 4) is 0 Å². The molecule has 2 rings (SSSR count). The third-order valence-electron chi connectivity index (χ3n) is 3.19. The van der Waals surface area contributed by atoms with Gasteiger partial charge in [-0.2, -0.15) is 0 Å². The maximum absolute atomic E-state index is 10.8. The van der Waals surface area contributed by atoms with Crippen molar-refractivity contribution in [3.63, 3.8) is 0 Å². The molecule has 0 aliphatic rings. The second-order valence-corrected chi connectivity index (χ2v) is 4.47. The van der Waals surface area contributed by atoms with Gasteiger partial charge in [0.15, 0.2) is 0 Å². The molecule has 92 valence electrons. The normalized spacial score (nSPS) is 10.3. The van der Waals surface area contributed by atoms with E-state index in [4.69, 9.17) is 0 Å². The topological polar surface area (TPSA) is 43.1 Å². The molecule has 0 saturated carbocycles. The van der Waals surface area contributed by atoms with Gasteiger partial charge in [0.2, 0.25) is 0 Å². The molecule has 0 N–H and O–H groups in total. The molecule has 0 radical (unpaired) electrons. The Morgan fingerprint density at radius 1 is 1.00 bits per heavy atom. The fourth-order valence-corrected chi connectivity index (χ4v) is 1.98. The Balaban J connectivity index is 2.37. The van der Waals surface area contributed by atoms with E-state index in [0.717, 1.165) is 17.5 Å². The van der Waals surface area contributed by atoms with E-state index in [2.05, 4.69) is 19.1 Å². The number of nitrogens with zero attached hydrogens (tertiary/aromatic N) is 1. The van der Waals surface area contributed by atoms with Crippen LogP contribution in [0.4, 0.5) is 5.69 Å². The van der Waals surface area contributed by atoms with Gasteiger partial charge in [0, 0.05) is 12.1 Å². The maximum atomic E-state index is 10.8. The van der Waals surface area contributed by atoms with Gasteiger partial charge < -0.3 is 0 Å². The fourth-order valence-electron chi connectivity index (χ4n) is 1.98. The highest BCUT2D eigenvalue weighted by atomic mass is 16.6. The second kappa shape index (κ2) is 5.00. The minimum Gasteiger partial charge on any atom is -0.258 e. The van der Waals surface area contributed by atoms with Crippen molar-refractivity contribution in [1.82, 2.24) is 0 Å². The molecule has 2 aromatic carbocycles. The van der Waals surface area contributed by atoms with Crippen molar-refractivity contribution in [1.29, 1.82) is 0 Å². The number of nitro benzene ring substituents is 1. The number of hydrogen-bond acceptors (Lipinski definition) is 2. The number of aryl methyl sites for hydroxylation is 2. The van der Waals surface area contributed by atoms with E-state index >= 15 is 0 Å². The predicted molar refractivity (Wildman–Crippen MR) is 71.8 cm³/mol. The molecular formula is C15H15NO2. The standard InChI is InChI=1S/C15H15NO2/c1-11-5-3-4-6-13(11)9-14-10-15(16(17)18)8-7-12(14)2/h3-8,10H,9H2,1-2H3. The van der Waals surface area contributed by atoms with Crippen molar-refractivity contribution in [3.05, 3.63) is 74.8 Å². The summed E-state index contributed by atoms with van der Waals surface area (Å²) in [5.41, 5.74) is 4.68. The number of non-ortho nitro benzene ring substituents is 1. The lowest BCUT2D eigenvalue weighted by Gasteiger charge is -2.08. The molecule has 0 heterocycles. The summed E-state index contributed by atoms with van der Waals surface area (Å²) in [6, 6.07) is 13.1. The molecule has 0 fully saturated rings. The molecule has 3 heteroatoms. The van der Waals surface area contributed by atoms with Crippen LogP contribution in [0.3, 0.4) is 0 Å². The molecule has 0 atom stereocenters. The Bertz CT molecular complexity index is 591. The molecule has 0 saturated heterocycles. The Morgan fingerprint density at radius 2 is 1.67 bits per heavy atom. The van der Waals surface area contributed by atoms with Crippen LogP contribution in [0.15, 0.2) is 42.5 Å². The Morgan fingerprint density at radius 3 is 2.33 bits per heavy atom. The molecule has 0 amide bonds. The van der Waals surface area contributed by atoms with E-state index in [0.29, 0.717) is 0 Å². The van der Waals surface area contributed by atoms with E-state index in [1.807, 2.05) is 25.1 Å². The average molecular weight is 241 g/mol. The summed E-state index contributed by atoms with van der Waals surface area (Å²) in [5.74, 6) is 0. The molecule has 18 heavy (non-hydrogen) atoms. The minimum atomic E-state index is -0.346. The molecule has 0 aliphatic carbocycles. The number of hydrogen-bond donors (Lipinski definition) is 0. The van der Waals surface area contributed by atoms with Gasteiger partial charge in [-0.3, -0.25) is 10.1 Å². The van der Waals surface area contributed by atoms with Crippen molar-refractivity contribution in [2.75, 3.05) is 0 Å². The Hall–Kier alpha value is -2.16. The third kappa shape index (κ3) is 2.56. The first kappa shape index (κ1) is 12.3. The average Bonchev–Trinajstić information content (AvgIpc) is 2.34. The molecule has 0 spiro atoms. The van der Waals surface area contributed by atoms with Crippen molar-refractivity contribution in [2.24, 2.45) is 0 Å². The monoisotopic (exact) mass is 241 g/mol. The maximum Gasteiger partial charge on any atom is 0.269 e. The van der Waals surface area contributed by atoms with E-state index in [1.54, 1.807) is 12.1 Å². The lowest BCUT2D eigenvalue weighted by Crippen LogP contribution is -1.96. The van der Waals surface area contributed by atoms with Gasteiger partial charge in [-0.05, 0) is 42.5 Å². The van der Waals surface area contributed by atoms with Crippen LogP contribution in [0.5, 0.6) is 0 Å². The van der Waals surface area contributed by atoms with Crippen LogP contribution < -0.4 is 0 Å². The zero-order valence-corrected chi connectivity index (χ0v) is 10.5. The van der Waals surface area contributed by atoms with Crippen LogP contribution in [0.25, 0.3) is 0 Å². The highest BCUT2D eigenvalue weighted by Gasteiger charge is 2.09. The van der Waals surface area contributed by atoms with Gasteiger partial charge >= 0.3 is 0 Å². The number of nitro groups is 1. The summed E-state index contributed by atoms with van der Waals surface area (Å²) in [5, 5.41) is 10.8. The summed E-state index contributed by atoms with van der Waals surface area (Å²) in [4.78, 5) is 10.4. The molecule has 0 aromatic heterocycles. The zero-order chi connectivity index (χ0) is 13.1. The SMILES string of the molecule is Cc1ccccc1Cc1cc([N+](=O)[O-])ccc1C. The minimum absolute atomic E-state index is 0.157. The van der Waals surface area contributed by atoms with E-state index in [9.17, 15) is 10.1 Å². The quantitative estimate of drug-likeness (QED) is 0.606. The first-order valence-electron chi connectivity index (χ1n) is 5.86. The third-order valence-corrected chi connectivity index (χ3v) is 3.19. The largest absolute Gasteiger partial charge is 0.269 e. The Labute approximate surface area is 106 Å². The second-order valence-electron chi connectivity index (χ2n) is 4.47. The molecule has 2 aromatic rings. The van der Waals surface area contributed by atoms with E-state index in [-0.39, 0.29) is 10.6 Å². The lowest BCUT2D eigenvalue weighted by atomic mass is 9.97. The van der Waals surface area contributed by atoms with Gasteiger partial charge in [-0.15, -0.1) is 0 Å². The van der Waals surface area contributed by atoms with Crippen molar-refractivity contribution < 1.29 is 4.92 Å². The lowest BCUT2D eigenvalue weighted by molar-refractivity contribution is -0.384. The summed E-state index contributed by atoms with van der Waals surface area (Å²) in [6.45, 7) is 4.04. The molecular weight excluding hydrogens is 226 g/mol. The van der Waals surface area contributed by atoms with Crippen LogP contribution in [0, 0.1) is 24.0 Å². The highest BCUT2D eigenvalue weighted by molar-refractivity contribution is 5.42. The predicted octanol–water partition coefficient (Wildman–Crippen LogP) is 3.80. The summed E-state index contributed by atoms with van der Waals surface area (Å²) >= 11 is 0. The Kier molecular flexibility index (Phi) is 3.42. The molecule has 0 bridgehead atoms. The molecule has 0 aliphatic heterocycles. The summed E-state index contributed by atoms with van der Waals surface area (Å²) < 4.78 is 0. The van der Waals surface area contributed by atoms with Gasteiger partial charge in [0.1, 0.15) is 0 Å². The van der Waals surface area contributed by atoms with Crippen LogP contribution in [0.1, 0.15) is 22.3 Å². The van der Waals surface area contributed by atoms with Crippen molar-refractivity contribution in [2.45, 2.75) is 20.3 Å². The van der Waals surface area contributed by atoms with E-state index in [1.165, 1.54) is 11.1 Å². The molecule has 0 unspecified atom stereocenters. The van der Waals surface area contributed by atoms with Gasteiger partial charge in [-0.1, -0.05) is 30.3 Å².